The lowest BCUT2D eigenvalue weighted by molar-refractivity contribution is 0.359. The molecule has 0 spiro atoms. The molecule has 0 radical (unpaired) electrons. The van der Waals surface area contributed by atoms with Gasteiger partial charge >= 0.3 is 0 Å². The summed E-state index contributed by atoms with van der Waals surface area (Å²) in [4.78, 5) is 2.47. The van der Waals surface area contributed by atoms with E-state index in [-0.39, 0.29) is 16.4 Å². The summed E-state index contributed by atoms with van der Waals surface area (Å²) in [6, 6.07) is 5.72. The largest absolute Gasteiger partial charge is 0.508 e. The first-order valence-corrected chi connectivity index (χ1v) is 7.47. The molecule has 1 aliphatic heterocycles. The highest BCUT2D eigenvalue weighted by atomic mass is 32.2. The second-order valence-corrected chi connectivity index (χ2v) is 6.47. The normalized spacial score (nSPS) is 17.4. The van der Waals surface area contributed by atoms with Crippen LogP contribution in [-0.4, -0.2) is 43.8 Å². The Morgan fingerprint density at radius 1 is 1.12 bits per heavy atom. The van der Waals surface area contributed by atoms with E-state index in [1.807, 2.05) is 0 Å². The number of hydrogen-bond donors (Lipinski definition) is 1. The Kier molecular flexibility index (Phi) is 3.69. The van der Waals surface area contributed by atoms with Gasteiger partial charge in [0.1, 0.15) is 5.75 Å². The minimum atomic E-state index is -3.22. The van der Waals surface area contributed by atoms with Crippen molar-refractivity contribution in [3.8, 4) is 5.75 Å². The number of phenolic OH excluding ortho intramolecular Hbond substituents is 1. The molecule has 0 saturated carbocycles. The summed E-state index contributed by atoms with van der Waals surface area (Å²) in [6.45, 7) is 2.61. The molecule has 1 N–H and O–H groups in total. The maximum atomic E-state index is 12.0. The summed E-state index contributed by atoms with van der Waals surface area (Å²) in [5.74, 6) is 0.237. The maximum Gasteiger partial charge on any atom is 0.179 e. The minimum Gasteiger partial charge on any atom is -0.508 e. The molecule has 0 aliphatic carbocycles. The third-order valence-corrected chi connectivity index (χ3v) is 4.78. The fraction of sp³-hybridized carbons (Fsp3) is 0.500. The van der Waals surface area contributed by atoms with Gasteiger partial charge in [-0.15, -0.1) is 0 Å². The Labute approximate surface area is 102 Å². The van der Waals surface area contributed by atoms with Crippen molar-refractivity contribution in [3.63, 3.8) is 0 Å². The van der Waals surface area contributed by atoms with Gasteiger partial charge in [-0.1, -0.05) is 0 Å². The number of likely N-dealkylation sites (tertiary alicyclic amines) is 1. The second-order valence-electron chi connectivity index (χ2n) is 4.36. The number of aromatic hydroxyl groups is 1. The highest BCUT2D eigenvalue weighted by Gasteiger charge is 2.18. The molecule has 94 valence electrons. The number of sulfone groups is 1. The van der Waals surface area contributed by atoms with E-state index in [4.69, 9.17) is 5.11 Å². The second kappa shape index (κ2) is 5.06. The molecule has 1 heterocycles. The Balaban J connectivity index is 2.00. The maximum absolute atomic E-state index is 12.0. The SMILES string of the molecule is O=S(=O)(CCN1CCCC1)c1ccc(O)cc1. The number of phenols is 1. The van der Waals surface area contributed by atoms with Gasteiger partial charge in [-0.05, 0) is 50.2 Å². The van der Waals surface area contributed by atoms with E-state index in [0.717, 1.165) is 13.1 Å². The Bertz CT molecular complexity index is 461. The molecule has 4 nitrogen and oxygen atoms in total. The summed E-state index contributed by atoms with van der Waals surface area (Å²) in [6.07, 6.45) is 2.33. The Morgan fingerprint density at radius 2 is 1.71 bits per heavy atom. The van der Waals surface area contributed by atoms with Crippen molar-refractivity contribution >= 4 is 9.84 Å². The lowest BCUT2D eigenvalue weighted by atomic mass is 10.3. The van der Waals surface area contributed by atoms with Gasteiger partial charge in [0, 0.05) is 6.54 Å². The van der Waals surface area contributed by atoms with Gasteiger partial charge in [0.2, 0.25) is 0 Å². The van der Waals surface area contributed by atoms with E-state index in [9.17, 15) is 8.42 Å². The van der Waals surface area contributed by atoms with Crippen molar-refractivity contribution in [1.82, 2.24) is 4.90 Å². The van der Waals surface area contributed by atoms with Gasteiger partial charge in [0.15, 0.2) is 9.84 Å². The Hall–Kier alpha value is -1.07. The smallest absolute Gasteiger partial charge is 0.179 e. The van der Waals surface area contributed by atoms with E-state index in [1.165, 1.54) is 37.1 Å². The zero-order valence-corrected chi connectivity index (χ0v) is 10.5. The quantitative estimate of drug-likeness (QED) is 0.880. The average Bonchev–Trinajstić information content (AvgIpc) is 2.80. The van der Waals surface area contributed by atoms with Crippen LogP contribution in [0.4, 0.5) is 0 Å². The molecule has 1 fully saturated rings. The molecule has 5 heteroatoms. The monoisotopic (exact) mass is 255 g/mol. The van der Waals surface area contributed by atoms with Crippen molar-refractivity contribution in [2.75, 3.05) is 25.4 Å². The molecule has 0 unspecified atom stereocenters. The fourth-order valence-electron chi connectivity index (χ4n) is 2.03. The molecule has 2 rings (SSSR count). The molecule has 0 atom stereocenters. The van der Waals surface area contributed by atoms with Gasteiger partial charge in [-0.25, -0.2) is 8.42 Å². The van der Waals surface area contributed by atoms with Crippen LogP contribution < -0.4 is 0 Å². The predicted molar refractivity (Wildman–Crippen MR) is 65.8 cm³/mol. The van der Waals surface area contributed by atoms with E-state index in [1.54, 1.807) is 0 Å². The van der Waals surface area contributed by atoms with Crippen LogP contribution in [0.5, 0.6) is 5.75 Å². The minimum absolute atomic E-state index is 0.0866. The lowest BCUT2D eigenvalue weighted by Crippen LogP contribution is -2.26. The summed E-state index contributed by atoms with van der Waals surface area (Å²) >= 11 is 0. The van der Waals surface area contributed by atoms with E-state index in [2.05, 4.69) is 4.90 Å². The first-order valence-electron chi connectivity index (χ1n) is 5.82. The highest BCUT2D eigenvalue weighted by molar-refractivity contribution is 7.91. The number of nitrogens with zero attached hydrogens (tertiary/aromatic N) is 1. The van der Waals surface area contributed by atoms with Crippen LogP contribution in [0.1, 0.15) is 12.8 Å². The van der Waals surface area contributed by atoms with Gasteiger partial charge < -0.3 is 10.0 Å². The predicted octanol–water partition coefficient (Wildman–Crippen LogP) is 1.26. The van der Waals surface area contributed by atoms with Crippen LogP contribution in [0.25, 0.3) is 0 Å². The fourth-order valence-corrected chi connectivity index (χ4v) is 3.31. The first kappa shape index (κ1) is 12.4. The van der Waals surface area contributed by atoms with Gasteiger partial charge in [0.05, 0.1) is 10.6 Å². The molecule has 1 saturated heterocycles. The van der Waals surface area contributed by atoms with Crippen molar-refractivity contribution in [3.05, 3.63) is 24.3 Å². The summed E-state index contributed by atoms with van der Waals surface area (Å²) in [5, 5.41) is 9.12. The summed E-state index contributed by atoms with van der Waals surface area (Å²) < 4.78 is 24.0. The van der Waals surface area contributed by atoms with Gasteiger partial charge in [0.25, 0.3) is 0 Å². The molecule has 1 aromatic carbocycles. The van der Waals surface area contributed by atoms with Crippen LogP contribution in [-0.2, 0) is 9.84 Å². The molecular formula is C12H17NO3S. The molecular weight excluding hydrogens is 238 g/mol. The molecule has 1 aromatic rings. The molecule has 0 bridgehead atoms. The highest BCUT2D eigenvalue weighted by Crippen LogP contribution is 2.16. The number of rotatable bonds is 4. The average molecular weight is 255 g/mol. The van der Waals surface area contributed by atoms with E-state index < -0.39 is 9.84 Å². The van der Waals surface area contributed by atoms with Gasteiger partial charge in [-0.3, -0.25) is 0 Å². The Morgan fingerprint density at radius 3 is 2.29 bits per heavy atom. The lowest BCUT2D eigenvalue weighted by Gasteiger charge is -2.14. The van der Waals surface area contributed by atoms with Crippen LogP contribution in [0, 0.1) is 0 Å². The van der Waals surface area contributed by atoms with Crippen LogP contribution in [0.3, 0.4) is 0 Å². The van der Waals surface area contributed by atoms with E-state index in [0.29, 0.717) is 6.54 Å². The van der Waals surface area contributed by atoms with Crippen LogP contribution >= 0.6 is 0 Å². The number of benzene rings is 1. The molecule has 0 aromatic heterocycles. The molecule has 17 heavy (non-hydrogen) atoms. The standard InChI is InChI=1S/C12H17NO3S/c14-11-3-5-12(6-4-11)17(15,16)10-9-13-7-1-2-8-13/h3-6,14H,1-2,7-10H2. The topological polar surface area (TPSA) is 57.6 Å². The first-order chi connectivity index (χ1) is 8.08. The zero-order chi connectivity index (χ0) is 12.3. The van der Waals surface area contributed by atoms with Crippen molar-refractivity contribution < 1.29 is 13.5 Å². The van der Waals surface area contributed by atoms with Crippen molar-refractivity contribution in [2.24, 2.45) is 0 Å². The third-order valence-electron chi connectivity index (χ3n) is 3.07. The van der Waals surface area contributed by atoms with Crippen molar-refractivity contribution in [1.29, 1.82) is 0 Å². The van der Waals surface area contributed by atoms with Crippen LogP contribution in [0.2, 0.25) is 0 Å². The zero-order valence-electron chi connectivity index (χ0n) is 9.67. The summed E-state index contributed by atoms with van der Waals surface area (Å²) in [5.41, 5.74) is 0. The summed E-state index contributed by atoms with van der Waals surface area (Å²) in [7, 11) is -3.22. The molecule has 1 aliphatic rings. The van der Waals surface area contributed by atoms with Crippen molar-refractivity contribution in [2.45, 2.75) is 17.7 Å². The molecule has 0 amide bonds. The van der Waals surface area contributed by atoms with Gasteiger partial charge in [-0.2, -0.15) is 0 Å². The third kappa shape index (κ3) is 3.20. The van der Waals surface area contributed by atoms with E-state index >= 15 is 0 Å². The number of hydrogen-bond acceptors (Lipinski definition) is 4. The van der Waals surface area contributed by atoms with Crippen LogP contribution in [0.15, 0.2) is 29.2 Å².